The first-order valence-electron chi connectivity index (χ1n) is 6.95. The number of ether oxygens (including phenoxy) is 2. The molecule has 0 aliphatic heterocycles. The Labute approximate surface area is 128 Å². The van der Waals surface area contributed by atoms with Gasteiger partial charge in [0.15, 0.2) is 0 Å². The lowest BCUT2D eigenvalue weighted by Crippen LogP contribution is -2.11. The van der Waals surface area contributed by atoms with Crippen molar-refractivity contribution in [2.24, 2.45) is 0 Å². The van der Waals surface area contributed by atoms with Gasteiger partial charge >= 0.3 is 5.97 Å². The van der Waals surface area contributed by atoms with E-state index in [-0.39, 0.29) is 5.97 Å². The molecule has 1 aromatic heterocycles. The number of esters is 1. The van der Waals surface area contributed by atoms with Gasteiger partial charge in [-0.1, -0.05) is 6.07 Å². The van der Waals surface area contributed by atoms with Gasteiger partial charge in [0.05, 0.1) is 25.7 Å². The summed E-state index contributed by atoms with van der Waals surface area (Å²) < 4.78 is 12.3. The third-order valence-corrected chi connectivity index (χ3v) is 3.39. The number of benzene rings is 1. The molecule has 21 heavy (non-hydrogen) atoms. The van der Waals surface area contributed by atoms with Crippen LogP contribution in [0.3, 0.4) is 0 Å². The number of nitrogens with zero attached hydrogens (tertiary/aromatic N) is 2. The zero-order valence-electron chi connectivity index (χ0n) is 12.3. The summed E-state index contributed by atoms with van der Waals surface area (Å²) in [6.07, 6.45) is 0.952. The Kier molecular flexibility index (Phi) is 5.44. The Morgan fingerprint density at radius 1 is 1.43 bits per heavy atom. The molecular weight excluding hydrogens is 292 g/mol. The Morgan fingerprint density at radius 2 is 2.24 bits per heavy atom. The van der Waals surface area contributed by atoms with Crippen LogP contribution < -0.4 is 4.74 Å². The number of hydrogen-bond acceptors (Lipinski definition) is 4. The van der Waals surface area contributed by atoms with Gasteiger partial charge in [0.1, 0.15) is 17.1 Å². The summed E-state index contributed by atoms with van der Waals surface area (Å²) in [6.45, 7) is 2.72. The number of carbonyl (C=O) groups excluding carboxylic acids is 1. The maximum Gasteiger partial charge on any atom is 0.307 e. The van der Waals surface area contributed by atoms with E-state index in [1.165, 1.54) is 0 Å². The second kappa shape index (κ2) is 7.31. The first kappa shape index (κ1) is 15.6. The van der Waals surface area contributed by atoms with E-state index >= 15 is 0 Å². The highest BCUT2D eigenvalue weighted by atomic mass is 35.5. The van der Waals surface area contributed by atoms with Crippen molar-refractivity contribution in [1.29, 1.82) is 0 Å². The average Bonchev–Trinajstić information content (AvgIpc) is 2.83. The van der Waals surface area contributed by atoms with E-state index < -0.39 is 0 Å². The molecule has 0 spiro atoms. The molecule has 1 heterocycles. The smallest absolute Gasteiger partial charge is 0.307 e. The first-order chi connectivity index (χ1) is 10.2. The zero-order valence-corrected chi connectivity index (χ0v) is 13.0. The molecule has 0 saturated carbocycles. The van der Waals surface area contributed by atoms with Gasteiger partial charge in [-0.2, -0.15) is 0 Å². The normalized spacial score (nSPS) is 10.8. The molecule has 2 rings (SSSR count). The molecule has 0 amide bonds. The Balaban J connectivity index is 2.35. The van der Waals surface area contributed by atoms with E-state index in [1.807, 2.05) is 22.8 Å². The van der Waals surface area contributed by atoms with E-state index in [0.29, 0.717) is 31.9 Å². The van der Waals surface area contributed by atoms with E-state index in [4.69, 9.17) is 21.1 Å². The lowest BCUT2D eigenvalue weighted by atomic mass is 10.3. The number of alkyl halides is 1. The number of rotatable bonds is 7. The van der Waals surface area contributed by atoms with Crippen LogP contribution >= 0.6 is 11.6 Å². The van der Waals surface area contributed by atoms with E-state index in [0.717, 1.165) is 22.6 Å². The highest BCUT2D eigenvalue weighted by molar-refractivity contribution is 6.17. The summed E-state index contributed by atoms with van der Waals surface area (Å²) in [5.41, 5.74) is 1.74. The lowest BCUT2D eigenvalue weighted by molar-refractivity contribution is -0.143. The van der Waals surface area contributed by atoms with Gasteiger partial charge in [-0.15, -0.1) is 11.6 Å². The third kappa shape index (κ3) is 3.47. The van der Waals surface area contributed by atoms with Gasteiger partial charge < -0.3 is 14.0 Å². The fraction of sp³-hybridized carbons (Fsp3) is 0.467. The van der Waals surface area contributed by atoms with Crippen LogP contribution in [0.2, 0.25) is 0 Å². The molecule has 0 N–H and O–H groups in total. The molecule has 0 aliphatic rings. The topological polar surface area (TPSA) is 53.4 Å². The minimum atomic E-state index is -0.209. The Bertz CT molecular complexity index is 625. The van der Waals surface area contributed by atoms with Crippen LogP contribution in [0.1, 0.15) is 19.2 Å². The van der Waals surface area contributed by atoms with Gasteiger partial charge in [-0.3, -0.25) is 4.79 Å². The van der Waals surface area contributed by atoms with Crippen LogP contribution in [0.25, 0.3) is 11.0 Å². The fourth-order valence-corrected chi connectivity index (χ4v) is 2.46. The van der Waals surface area contributed by atoms with Gasteiger partial charge in [0.2, 0.25) is 0 Å². The van der Waals surface area contributed by atoms with E-state index in [2.05, 4.69) is 4.98 Å². The lowest BCUT2D eigenvalue weighted by Gasteiger charge is -2.08. The maximum atomic E-state index is 11.6. The van der Waals surface area contributed by atoms with Crippen LogP contribution in [0.5, 0.6) is 5.75 Å². The predicted octanol–water partition coefficient (Wildman–Crippen LogP) is 2.78. The molecule has 6 heteroatoms. The fourth-order valence-electron chi connectivity index (χ4n) is 2.30. The minimum Gasteiger partial charge on any atom is -0.494 e. The summed E-state index contributed by atoms with van der Waals surface area (Å²) in [5, 5.41) is 0. The summed E-state index contributed by atoms with van der Waals surface area (Å²) in [4.78, 5) is 16.2. The summed E-state index contributed by atoms with van der Waals surface area (Å²) in [7, 11) is 1.62. The summed E-state index contributed by atoms with van der Waals surface area (Å²) in [5.74, 6) is 1.84. The maximum absolute atomic E-state index is 11.6. The predicted molar refractivity (Wildman–Crippen MR) is 82.0 cm³/mol. The number of imidazole rings is 1. The minimum absolute atomic E-state index is 0.209. The Morgan fingerprint density at radius 3 is 2.90 bits per heavy atom. The van der Waals surface area contributed by atoms with Gasteiger partial charge in [0.25, 0.3) is 0 Å². The number of hydrogen-bond donors (Lipinski definition) is 0. The van der Waals surface area contributed by atoms with Crippen molar-refractivity contribution in [3.05, 3.63) is 24.0 Å². The van der Waals surface area contributed by atoms with Crippen LogP contribution in [0, 0.1) is 0 Å². The number of carbonyl (C=O) groups is 1. The van der Waals surface area contributed by atoms with E-state index in [1.54, 1.807) is 14.0 Å². The second-order valence-corrected chi connectivity index (χ2v) is 4.88. The first-order valence-corrected chi connectivity index (χ1v) is 7.48. The SMILES string of the molecule is CCOC(=O)CCn1c(CCCl)nc2c(OC)cccc21. The van der Waals surface area contributed by atoms with Crippen molar-refractivity contribution in [3.63, 3.8) is 0 Å². The van der Waals surface area contributed by atoms with Crippen molar-refractivity contribution < 1.29 is 14.3 Å². The molecule has 2 aromatic rings. The van der Waals surface area contributed by atoms with Gasteiger partial charge in [-0.05, 0) is 19.1 Å². The number of aryl methyl sites for hydroxylation is 2. The zero-order chi connectivity index (χ0) is 15.2. The van der Waals surface area contributed by atoms with E-state index in [9.17, 15) is 4.79 Å². The molecule has 0 atom stereocenters. The van der Waals surface area contributed by atoms with Crippen molar-refractivity contribution >= 4 is 28.6 Å². The molecule has 0 aliphatic carbocycles. The van der Waals surface area contributed by atoms with Crippen molar-refractivity contribution in [2.45, 2.75) is 26.3 Å². The molecule has 1 aromatic carbocycles. The average molecular weight is 311 g/mol. The molecule has 0 fully saturated rings. The molecule has 0 radical (unpaired) electrons. The molecule has 0 bridgehead atoms. The standard InChI is InChI=1S/C15H19ClN2O3/c1-3-21-14(19)8-10-18-11-5-4-6-12(20-2)15(11)17-13(18)7-9-16/h4-6H,3,7-10H2,1-2H3. The largest absolute Gasteiger partial charge is 0.494 e. The number of halogens is 1. The van der Waals surface area contributed by atoms with Gasteiger partial charge in [-0.25, -0.2) is 4.98 Å². The molecule has 0 unspecified atom stereocenters. The summed E-state index contributed by atoms with van der Waals surface area (Å²) in [6, 6.07) is 5.75. The third-order valence-electron chi connectivity index (χ3n) is 3.20. The number of methoxy groups -OCH3 is 1. The molecule has 114 valence electrons. The van der Waals surface area contributed by atoms with Crippen LogP contribution in [-0.2, 0) is 22.5 Å². The highest BCUT2D eigenvalue weighted by Crippen LogP contribution is 2.26. The number of para-hydroxylation sites is 1. The number of fused-ring (bicyclic) bond motifs is 1. The second-order valence-electron chi connectivity index (χ2n) is 4.50. The Hall–Kier alpha value is -1.75. The quantitative estimate of drug-likeness (QED) is 0.583. The number of aromatic nitrogens is 2. The van der Waals surface area contributed by atoms with Crippen LogP contribution in [-0.4, -0.2) is 35.1 Å². The van der Waals surface area contributed by atoms with Crippen molar-refractivity contribution in [2.75, 3.05) is 19.6 Å². The van der Waals surface area contributed by atoms with Crippen LogP contribution in [0.15, 0.2) is 18.2 Å². The molecule has 5 nitrogen and oxygen atoms in total. The molecular formula is C15H19ClN2O3. The molecule has 0 saturated heterocycles. The van der Waals surface area contributed by atoms with Crippen LogP contribution in [0.4, 0.5) is 0 Å². The monoisotopic (exact) mass is 310 g/mol. The van der Waals surface area contributed by atoms with Gasteiger partial charge in [0, 0.05) is 18.8 Å². The highest BCUT2D eigenvalue weighted by Gasteiger charge is 2.14. The van der Waals surface area contributed by atoms with Crippen molar-refractivity contribution in [1.82, 2.24) is 9.55 Å². The van der Waals surface area contributed by atoms with Crippen molar-refractivity contribution in [3.8, 4) is 5.75 Å². The summed E-state index contributed by atoms with van der Waals surface area (Å²) >= 11 is 5.85.